The highest BCUT2D eigenvalue weighted by Gasteiger charge is 2.27. The first kappa shape index (κ1) is 31.7. The number of para-hydroxylation sites is 2. The van der Waals surface area contributed by atoms with Crippen LogP contribution in [-0.4, -0.2) is 78.3 Å². The molecule has 1 aliphatic heterocycles. The smallest absolute Gasteiger partial charge is 0.318 e. The Bertz CT molecular complexity index is 2110. The standard InChI is InChI=1S/C35H36FN11O2/c1-21-16-38-34(41-29-15-22(2)46(4)44-29)42-31(21)26-17-37-32-25(26)11-8-12-28(32)40-30(48)20-47-14-13-24(19-47)49-35-39-18-27(36)33(43-35)45(3)23-9-6-5-7-10-23/h5-12,15-18,24,37H,13-14,19-20H2,1-4H3,(H,40,48)(H,38,41,42,44)/t24-/m0/s1. The number of likely N-dealkylation sites (tertiary alicyclic amines) is 1. The molecule has 3 N–H and O–H groups in total. The number of ether oxygens (including phenoxy) is 1. The van der Waals surface area contributed by atoms with Gasteiger partial charge >= 0.3 is 6.01 Å². The van der Waals surface area contributed by atoms with E-state index in [1.807, 2.05) is 86.6 Å². The second-order valence-corrected chi connectivity index (χ2v) is 12.1. The zero-order valence-corrected chi connectivity index (χ0v) is 27.6. The Kier molecular flexibility index (Phi) is 8.61. The predicted molar refractivity (Wildman–Crippen MR) is 186 cm³/mol. The van der Waals surface area contributed by atoms with Crippen molar-refractivity contribution >= 4 is 45.8 Å². The number of hydrogen-bond acceptors (Lipinski definition) is 10. The average molecular weight is 662 g/mol. The lowest BCUT2D eigenvalue weighted by atomic mass is 10.1. The van der Waals surface area contributed by atoms with E-state index in [0.717, 1.165) is 45.3 Å². The van der Waals surface area contributed by atoms with Crippen LogP contribution in [0.3, 0.4) is 0 Å². The molecule has 1 atom stereocenters. The summed E-state index contributed by atoms with van der Waals surface area (Å²) in [5.41, 5.74) is 5.85. The molecule has 0 saturated carbocycles. The molecule has 1 amide bonds. The Morgan fingerprint density at radius 1 is 1.10 bits per heavy atom. The number of aryl methyl sites for hydroxylation is 3. The first-order chi connectivity index (χ1) is 23.7. The van der Waals surface area contributed by atoms with Crippen LogP contribution in [0.5, 0.6) is 6.01 Å². The molecule has 1 saturated heterocycles. The number of aromatic nitrogens is 7. The van der Waals surface area contributed by atoms with Crippen molar-refractivity contribution in [2.45, 2.75) is 26.4 Å². The van der Waals surface area contributed by atoms with Crippen molar-refractivity contribution < 1.29 is 13.9 Å². The van der Waals surface area contributed by atoms with Crippen LogP contribution in [0.4, 0.5) is 33.3 Å². The molecule has 7 rings (SSSR count). The summed E-state index contributed by atoms with van der Waals surface area (Å²) in [5, 5.41) is 11.6. The number of rotatable bonds is 10. The normalized spacial score (nSPS) is 14.7. The van der Waals surface area contributed by atoms with Gasteiger partial charge in [-0.15, -0.1) is 0 Å². The number of hydrogen-bond donors (Lipinski definition) is 3. The highest BCUT2D eigenvalue weighted by Crippen LogP contribution is 2.34. The zero-order chi connectivity index (χ0) is 34.1. The summed E-state index contributed by atoms with van der Waals surface area (Å²) < 4.78 is 22.4. The van der Waals surface area contributed by atoms with Gasteiger partial charge in [0.05, 0.1) is 29.6 Å². The fraction of sp³-hybridized carbons (Fsp3) is 0.257. The molecular formula is C35H36FN11O2. The zero-order valence-electron chi connectivity index (χ0n) is 27.6. The van der Waals surface area contributed by atoms with Gasteiger partial charge in [0.2, 0.25) is 11.9 Å². The number of halogens is 1. The van der Waals surface area contributed by atoms with E-state index in [4.69, 9.17) is 9.72 Å². The van der Waals surface area contributed by atoms with Gasteiger partial charge < -0.3 is 25.3 Å². The Morgan fingerprint density at radius 3 is 2.73 bits per heavy atom. The van der Waals surface area contributed by atoms with Crippen LogP contribution in [0.1, 0.15) is 17.7 Å². The van der Waals surface area contributed by atoms with E-state index < -0.39 is 5.82 Å². The van der Waals surface area contributed by atoms with Crippen molar-refractivity contribution in [2.75, 3.05) is 42.2 Å². The molecule has 14 heteroatoms. The van der Waals surface area contributed by atoms with Gasteiger partial charge in [-0.1, -0.05) is 30.3 Å². The number of carbonyl (C=O) groups excluding carboxylic acids is 1. The first-order valence-corrected chi connectivity index (χ1v) is 15.9. The Balaban J connectivity index is 0.995. The molecule has 0 unspecified atom stereocenters. The molecule has 5 heterocycles. The minimum Gasteiger partial charge on any atom is -0.459 e. The predicted octanol–water partition coefficient (Wildman–Crippen LogP) is 5.51. The molecule has 0 aliphatic carbocycles. The molecule has 13 nitrogen and oxygen atoms in total. The van der Waals surface area contributed by atoms with E-state index in [1.54, 1.807) is 22.8 Å². The van der Waals surface area contributed by atoms with E-state index in [2.05, 4.69) is 35.7 Å². The Morgan fingerprint density at radius 2 is 1.94 bits per heavy atom. The topological polar surface area (TPSA) is 142 Å². The van der Waals surface area contributed by atoms with Gasteiger partial charge in [0.25, 0.3) is 0 Å². The summed E-state index contributed by atoms with van der Waals surface area (Å²) >= 11 is 0. The largest absolute Gasteiger partial charge is 0.459 e. The summed E-state index contributed by atoms with van der Waals surface area (Å²) in [4.78, 5) is 37.9. The number of fused-ring (bicyclic) bond motifs is 1. The quantitative estimate of drug-likeness (QED) is 0.172. The van der Waals surface area contributed by atoms with Gasteiger partial charge in [0.1, 0.15) is 6.10 Å². The summed E-state index contributed by atoms with van der Waals surface area (Å²) in [5.74, 6) is 0.538. The third-order valence-corrected chi connectivity index (χ3v) is 8.60. The molecule has 2 aromatic carbocycles. The summed E-state index contributed by atoms with van der Waals surface area (Å²) in [6, 6.07) is 17.2. The minimum atomic E-state index is -0.544. The van der Waals surface area contributed by atoms with Gasteiger partial charge in [-0.3, -0.25) is 14.4 Å². The van der Waals surface area contributed by atoms with Gasteiger partial charge in [-0.25, -0.2) is 19.3 Å². The highest BCUT2D eigenvalue weighted by atomic mass is 19.1. The van der Waals surface area contributed by atoms with E-state index in [9.17, 15) is 9.18 Å². The number of nitrogens with one attached hydrogen (secondary N) is 3. The number of H-pyrrole nitrogens is 1. The highest BCUT2D eigenvalue weighted by molar-refractivity contribution is 6.06. The van der Waals surface area contributed by atoms with Crippen molar-refractivity contribution in [1.82, 2.24) is 39.6 Å². The Hall–Kier alpha value is -5.89. The molecule has 250 valence electrons. The maximum atomic E-state index is 14.6. The second-order valence-electron chi connectivity index (χ2n) is 12.1. The van der Waals surface area contributed by atoms with Crippen LogP contribution in [-0.2, 0) is 11.8 Å². The van der Waals surface area contributed by atoms with Crippen LogP contribution in [0, 0.1) is 19.7 Å². The fourth-order valence-corrected chi connectivity index (χ4v) is 5.95. The minimum absolute atomic E-state index is 0.0957. The van der Waals surface area contributed by atoms with Crippen LogP contribution in [0.25, 0.3) is 22.2 Å². The lowest BCUT2D eigenvalue weighted by Crippen LogP contribution is -2.33. The maximum Gasteiger partial charge on any atom is 0.318 e. The third kappa shape index (κ3) is 6.76. The summed E-state index contributed by atoms with van der Waals surface area (Å²) in [7, 11) is 3.62. The van der Waals surface area contributed by atoms with E-state index in [0.29, 0.717) is 37.0 Å². The van der Waals surface area contributed by atoms with Crippen LogP contribution < -0.4 is 20.3 Å². The molecule has 0 bridgehead atoms. The lowest BCUT2D eigenvalue weighted by molar-refractivity contribution is -0.117. The number of anilines is 5. The van der Waals surface area contributed by atoms with Crippen LogP contribution >= 0.6 is 0 Å². The monoisotopic (exact) mass is 661 g/mol. The van der Waals surface area contributed by atoms with Gasteiger partial charge in [0, 0.05) is 68.0 Å². The number of nitrogens with zero attached hydrogens (tertiary/aromatic N) is 8. The molecular weight excluding hydrogens is 625 g/mol. The number of amides is 1. The summed E-state index contributed by atoms with van der Waals surface area (Å²) in [6.45, 7) is 5.30. The van der Waals surface area contributed by atoms with Crippen molar-refractivity contribution in [2.24, 2.45) is 7.05 Å². The number of aromatic amines is 1. The lowest BCUT2D eigenvalue weighted by Gasteiger charge is -2.20. The molecule has 0 spiro atoms. The molecule has 0 radical (unpaired) electrons. The van der Waals surface area contributed by atoms with E-state index in [1.165, 1.54) is 0 Å². The van der Waals surface area contributed by atoms with Gasteiger partial charge in [0.15, 0.2) is 17.5 Å². The fourth-order valence-electron chi connectivity index (χ4n) is 5.95. The molecule has 49 heavy (non-hydrogen) atoms. The van der Waals surface area contributed by atoms with Crippen molar-refractivity contribution in [3.05, 3.63) is 90.3 Å². The SMILES string of the molecule is Cc1cnc(Nc2cc(C)n(C)n2)nc1-c1c[nH]c2c(NC(=O)CN3CC[C@H](Oc4ncc(F)c(N(C)c5ccccc5)n4)C3)cccc12. The van der Waals surface area contributed by atoms with Crippen molar-refractivity contribution in [1.29, 1.82) is 0 Å². The number of carbonyl (C=O) groups is 1. The third-order valence-electron chi connectivity index (χ3n) is 8.60. The number of benzene rings is 2. The maximum absolute atomic E-state index is 14.6. The first-order valence-electron chi connectivity index (χ1n) is 15.9. The molecule has 1 aliphatic rings. The van der Waals surface area contributed by atoms with Gasteiger partial charge in [-0.2, -0.15) is 10.1 Å². The van der Waals surface area contributed by atoms with Gasteiger partial charge in [-0.05, 0) is 44.0 Å². The van der Waals surface area contributed by atoms with Crippen molar-refractivity contribution in [3.8, 4) is 17.3 Å². The molecule has 6 aromatic rings. The van der Waals surface area contributed by atoms with E-state index in [-0.39, 0.29) is 30.4 Å². The van der Waals surface area contributed by atoms with Crippen molar-refractivity contribution in [3.63, 3.8) is 0 Å². The second kappa shape index (κ2) is 13.3. The molecule has 1 fully saturated rings. The Labute approximate surface area is 282 Å². The molecule has 4 aromatic heterocycles. The van der Waals surface area contributed by atoms with Crippen LogP contribution in [0.2, 0.25) is 0 Å². The average Bonchev–Trinajstić information content (AvgIpc) is 3.81. The summed E-state index contributed by atoms with van der Waals surface area (Å²) in [6.07, 6.45) is 5.24. The van der Waals surface area contributed by atoms with E-state index >= 15 is 0 Å². The van der Waals surface area contributed by atoms with Crippen LogP contribution in [0.15, 0.2) is 73.2 Å².